The first kappa shape index (κ1) is 14.3. The highest BCUT2D eigenvalue weighted by atomic mass is 19.1. The van der Waals surface area contributed by atoms with Gasteiger partial charge in [-0.1, -0.05) is 13.8 Å². The summed E-state index contributed by atoms with van der Waals surface area (Å²) in [4.78, 5) is 1.89. The van der Waals surface area contributed by atoms with E-state index >= 15 is 0 Å². The summed E-state index contributed by atoms with van der Waals surface area (Å²) in [5, 5.41) is 0. The third-order valence-corrected chi connectivity index (χ3v) is 3.87. The molecular weight excluding hydrogens is 246 g/mol. The van der Waals surface area contributed by atoms with Crippen LogP contribution in [0.4, 0.5) is 14.5 Å². The Balaban J connectivity index is 2.34. The molecular formula is C15H22F2N2. The van der Waals surface area contributed by atoms with Gasteiger partial charge in [0.05, 0.1) is 0 Å². The SMILES string of the molecule is CC(C)C1CCCN1c1c(F)cc(CCN)cc1F. The van der Waals surface area contributed by atoms with Crippen molar-refractivity contribution in [1.29, 1.82) is 0 Å². The van der Waals surface area contributed by atoms with Crippen LogP contribution in [0.1, 0.15) is 32.3 Å². The first-order valence-corrected chi connectivity index (χ1v) is 6.99. The van der Waals surface area contributed by atoms with Crippen LogP contribution < -0.4 is 10.6 Å². The van der Waals surface area contributed by atoms with Gasteiger partial charge in [-0.25, -0.2) is 8.78 Å². The maximum Gasteiger partial charge on any atom is 0.149 e. The van der Waals surface area contributed by atoms with Crippen LogP contribution in [0, 0.1) is 17.6 Å². The van der Waals surface area contributed by atoms with Crippen molar-refractivity contribution in [3.63, 3.8) is 0 Å². The molecule has 2 N–H and O–H groups in total. The predicted octanol–water partition coefficient (Wildman–Crippen LogP) is 3.09. The van der Waals surface area contributed by atoms with Crippen LogP contribution >= 0.6 is 0 Å². The number of benzene rings is 1. The lowest BCUT2D eigenvalue weighted by Gasteiger charge is -2.30. The summed E-state index contributed by atoms with van der Waals surface area (Å²) in [6.07, 6.45) is 2.50. The van der Waals surface area contributed by atoms with Gasteiger partial charge in [-0.05, 0) is 49.4 Å². The monoisotopic (exact) mass is 268 g/mol. The molecule has 0 bridgehead atoms. The van der Waals surface area contributed by atoms with E-state index in [4.69, 9.17) is 5.73 Å². The minimum absolute atomic E-state index is 0.136. The molecule has 1 unspecified atom stereocenters. The molecule has 1 saturated heterocycles. The fourth-order valence-electron chi connectivity index (χ4n) is 2.97. The largest absolute Gasteiger partial charge is 0.364 e. The molecule has 0 aromatic heterocycles. The predicted molar refractivity (Wildman–Crippen MR) is 74.3 cm³/mol. The fourth-order valence-corrected chi connectivity index (χ4v) is 2.97. The smallest absolute Gasteiger partial charge is 0.149 e. The summed E-state index contributed by atoms with van der Waals surface area (Å²) in [5.74, 6) is -0.531. The maximum atomic E-state index is 14.2. The van der Waals surface area contributed by atoms with Gasteiger partial charge in [0.2, 0.25) is 0 Å². The van der Waals surface area contributed by atoms with Crippen molar-refractivity contribution in [2.45, 2.75) is 39.2 Å². The van der Waals surface area contributed by atoms with Crippen LogP contribution in [0.15, 0.2) is 12.1 Å². The molecule has 1 atom stereocenters. The van der Waals surface area contributed by atoms with Gasteiger partial charge in [0.15, 0.2) is 0 Å². The second kappa shape index (κ2) is 5.87. The van der Waals surface area contributed by atoms with E-state index in [9.17, 15) is 8.78 Å². The van der Waals surface area contributed by atoms with E-state index in [2.05, 4.69) is 13.8 Å². The van der Waals surface area contributed by atoms with Gasteiger partial charge in [0, 0.05) is 12.6 Å². The average molecular weight is 268 g/mol. The number of anilines is 1. The lowest BCUT2D eigenvalue weighted by atomic mass is 10.0. The minimum Gasteiger partial charge on any atom is -0.364 e. The Morgan fingerprint density at radius 1 is 1.32 bits per heavy atom. The summed E-state index contributed by atoms with van der Waals surface area (Å²) in [5.41, 5.74) is 6.19. The van der Waals surface area contributed by atoms with E-state index in [1.807, 2.05) is 4.90 Å². The van der Waals surface area contributed by atoms with E-state index in [1.54, 1.807) is 0 Å². The molecule has 0 spiro atoms. The standard InChI is InChI=1S/C15H22F2N2/c1-10(2)14-4-3-7-19(14)15-12(16)8-11(5-6-18)9-13(15)17/h8-10,14H,3-7,18H2,1-2H3. The summed E-state index contributed by atoms with van der Waals surface area (Å²) in [7, 11) is 0. The third kappa shape index (κ3) is 2.89. The van der Waals surface area contributed by atoms with Crippen molar-refractivity contribution in [2.75, 3.05) is 18.0 Å². The molecule has 2 rings (SSSR count). The fraction of sp³-hybridized carbons (Fsp3) is 0.600. The van der Waals surface area contributed by atoms with Gasteiger partial charge >= 0.3 is 0 Å². The number of rotatable bonds is 4. The van der Waals surface area contributed by atoms with Crippen molar-refractivity contribution >= 4 is 5.69 Å². The van der Waals surface area contributed by atoms with Gasteiger partial charge < -0.3 is 10.6 Å². The number of nitrogens with two attached hydrogens (primary N) is 1. The molecule has 1 aliphatic rings. The molecule has 1 fully saturated rings. The molecule has 106 valence electrons. The number of hydrogen-bond donors (Lipinski definition) is 1. The lowest BCUT2D eigenvalue weighted by molar-refractivity contribution is 0.477. The minimum atomic E-state index is -0.462. The van der Waals surface area contributed by atoms with Gasteiger partial charge in [-0.2, -0.15) is 0 Å². The Morgan fingerprint density at radius 2 is 1.95 bits per heavy atom. The van der Waals surface area contributed by atoms with Crippen LogP contribution in [0.5, 0.6) is 0 Å². The summed E-state index contributed by atoms with van der Waals surface area (Å²) >= 11 is 0. The molecule has 0 saturated carbocycles. The Morgan fingerprint density at radius 3 is 2.47 bits per heavy atom. The van der Waals surface area contributed by atoms with Crippen LogP contribution in [-0.4, -0.2) is 19.1 Å². The number of hydrogen-bond acceptors (Lipinski definition) is 2. The molecule has 19 heavy (non-hydrogen) atoms. The van der Waals surface area contributed by atoms with E-state index in [0.717, 1.165) is 19.4 Å². The number of halogens is 2. The quantitative estimate of drug-likeness (QED) is 0.909. The molecule has 2 nitrogen and oxygen atoms in total. The Bertz CT molecular complexity index is 423. The van der Waals surface area contributed by atoms with E-state index in [1.165, 1.54) is 12.1 Å². The van der Waals surface area contributed by atoms with Crippen molar-refractivity contribution in [3.05, 3.63) is 29.3 Å². The van der Waals surface area contributed by atoms with Crippen molar-refractivity contribution in [3.8, 4) is 0 Å². The third-order valence-electron chi connectivity index (χ3n) is 3.87. The normalized spacial score (nSPS) is 19.5. The zero-order valence-electron chi connectivity index (χ0n) is 11.6. The number of nitrogens with zero attached hydrogens (tertiary/aromatic N) is 1. The second-order valence-corrected chi connectivity index (χ2v) is 5.59. The van der Waals surface area contributed by atoms with Crippen LogP contribution in [0.25, 0.3) is 0 Å². The molecule has 4 heteroatoms. The summed E-state index contributed by atoms with van der Waals surface area (Å²) in [6, 6.07) is 3.06. The zero-order valence-corrected chi connectivity index (χ0v) is 11.6. The lowest BCUT2D eigenvalue weighted by Crippen LogP contribution is -2.34. The van der Waals surface area contributed by atoms with Crippen LogP contribution in [-0.2, 0) is 6.42 Å². The zero-order chi connectivity index (χ0) is 14.0. The highest BCUT2D eigenvalue weighted by molar-refractivity contribution is 5.52. The molecule has 1 heterocycles. The summed E-state index contributed by atoms with van der Waals surface area (Å²) in [6.45, 7) is 5.33. The van der Waals surface area contributed by atoms with E-state index < -0.39 is 11.6 Å². The van der Waals surface area contributed by atoms with Crippen LogP contribution in [0.3, 0.4) is 0 Å². The first-order valence-electron chi connectivity index (χ1n) is 6.99. The molecule has 0 amide bonds. The topological polar surface area (TPSA) is 29.3 Å². The molecule has 0 aliphatic carbocycles. The highest BCUT2D eigenvalue weighted by Gasteiger charge is 2.31. The van der Waals surface area contributed by atoms with E-state index in [-0.39, 0.29) is 11.7 Å². The van der Waals surface area contributed by atoms with Crippen molar-refractivity contribution in [1.82, 2.24) is 0 Å². The Labute approximate surface area is 113 Å². The molecule has 1 aromatic carbocycles. The second-order valence-electron chi connectivity index (χ2n) is 5.59. The first-order chi connectivity index (χ1) is 9.04. The van der Waals surface area contributed by atoms with Gasteiger partial charge in [0.1, 0.15) is 17.3 Å². The molecule has 1 aromatic rings. The van der Waals surface area contributed by atoms with Gasteiger partial charge in [-0.15, -0.1) is 0 Å². The molecule has 0 radical (unpaired) electrons. The summed E-state index contributed by atoms with van der Waals surface area (Å²) < 4.78 is 28.4. The van der Waals surface area contributed by atoms with Crippen LogP contribution in [0.2, 0.25) is 0 Å². The van der Waals surface area contributed by atoms with Gasteiger partial charge in [0.25, 0.3) is 0 Å². The molecule has 1 aliphatic heterocycles. The van der Waals surface area contributed by atoms with E-state index in [0.29, 0.717) is 24.4 Å². The van der Waals surface area contributed by atoms with Gasteiger partial charge in [-0.3, -0.25) is 0 Å². The maximum absolute atomic E-state index is 14.2. The average Bonchev–Trinajstić information content (AvgIpc) is 2.77. The van der Waals surface area contributed by atoms with Crippen molar-refractivity contribution < 1.29 is 8.78 Å². The Kier molecular flexibility index (Phi) is 4.40. The van der Waals surface area contributed by atoms with Crippen molar-refractivity contribution in [2.24, 2.45) is 11.7 Å². The Hall–Kier alpha value is -1.16. The highest BCUT2D eigenvalue weighted by Crippen LogP contribution is 2.34.